The fourth-order valence-electron chi connectivity index (χ4n) is 3.49. The van der Waals surface area contributed by atoms with Gasteiger partial charge in [-0.25, -0.2) is 0 Å². The van der Waals surface area contributed by atoms with Crippen molar-refractivity contribution in [3.63, 3.8) is 0 Å². The summed E-state index contributed by atoms with van der Waals surface area (Å²) in [7, 11) is -1.16. The lowest BCUT2D eigenvalue weighted by atomic mass is 9.64. The number of nitrogens with two attached hydrogens (primary N) is 1. The van der Waals surface area contributed by atoms with Crippen LogP contribution in [0.1, 0.15) is 34.8 Å². The van der Waals surface area contributed by atoms with E-state index in [-0.39, 0.29) is 36.8 Å². The van der Waals surface area contributed by atoms with Gasteiger partial charge in [0.25, 0.3) is 0 Å². The highest BCUT2D eigenvalue weighted by Crippen LogP contribution is 2.36. The van der Waals surface area contributed by atoms with E-state index in [1.54, 1.807) is 24.3 Å². The van der Waals surface area contributed by atoms with Crippen molar-refractivity contribution >= 4 is 18.7 Å². The number of ketones is 2. The number of Topliss-reactive ketones (excluding diaryl/α,β-unsaturated/α-hetero) is 2. The minimum absolute atomic E-state index is 0.0459. The number of hydrogen-bond donors (Lipinski definition) is 3. The van der Waals surface area contributed by atoms with E-state index in [2.05, 4.69) is 0 Å². The number of carbonyl (C=O) groups is 2. The van der Waals surface area contributed by atoms with E-state index in [1.807, 2.05) is 6.07 Å². The highest BCUT2D eigenvalue weighted by atomic mass is 16.5. The number of aromatic hydroxyl groups is 1. The third-order valence-corrected chi connectivity index (χ3v) is 4.89. The summed E-state index contributed by atoms with van der Waals surface area (Å²) in [4.78, 5) is 24.3. The second-order valence-corrected chi connectivity index (χ2v) is 7.18. The Bertz CT molecular complexity index is 916. The molecular formula is C21H24BNO6. The predicted octanol–water partition coefficient (Wildman–Crippen LogP) is 1.92. The molecule has 2 aromatic rings. The van der Waals surface area contributed by atoms with Crippen LogP contribution in [-0.4, -0.2) is 42.0 Å². The number of benzene rings is 2. The summed E-state index contributed by atoms with van der Waals surface area (Å²) < 4.78 is 10.9. The molecule has 0 aromatic heterocycles. The Hall–Kier alpha value is -2.84. The fraction of sp³-hybridized carbons (Fsp3) is 0.333. The molecule has 152 valence electrons. The van der Waals surface area contributed by atoms with Crippen LogP contribution in [0.15, 0.2) is 36.4 Å². The zero-order valence-electron chi connectivity index (χ0n) is 16.3. The van der Waals surface area contributed by atoms with Crippen LogP contribution in [0.3, 0.4) is 0 Å². The maximum Gasteiger partial charge on any atom is 0.526 e. The maximum absolute atomic E-state index is 12.5. The normalized spacial score (nSPS) is 15.4. The summed E-state index contributed by atoms with van der Waals surface area (Å²) in [6.07, 6.45) is 0.686. The van der Waals surface area contributed by atoms with Gasteiger partial charge in [0.2, 0.25) is 0 Å². The van der Waals surface area contributed by atoms with Crippen LogP contribution in [0.25, 0.3) is 0 Å². The van der Waals surface area contributed by atoms with Crippen LogP contribution in [0, 0.1) is 0 Å². The largest absolute Gasteiger partial charge is 0.535 e. The molecule has 1 aliphatic rings. The van der Waals surface area contributed by atoms with Crippen LogP contribution < -0.4 is 15.1 Å². The van der Waals surface area contributed by atoms with Crippen molar-refractivity contribution in [2.75, 3.05) is 13.2 Å². The number of fused-ring (bicyclic) bond motifs is 1. The van der Waals surface area contributed by atoms with Crippen molar-refractivity contribution in [2.24, 2.45) is 5.73 Å². The minimum atomic E-state index is -1.16. The maximum atomic E-state index is 12.5. The smallest absolute Gasteiger partial charge is 0.526 e. The van der Waals surface area contributed by atoms with Gasteiger partial charge in [-0.3, -0.25) is 9.59 Å². The number of para-hydroxylation sites is 1. The number of ether oxygens (including phenoxy) is 1. The zero-order valence-corrected chi connectivity index (χ0v) is 16.3. The SMILES string of the molecule is CC(=O)c1cccc2c1OB(O)[C@@H](CC(=O)Cc1ccc(OCCN)c(O)c1)C2. The molecular weight excluding hydrogens is 373 g/mol. The minimum Gasteiger partial charge on any atom is -0.535 e. The number of phenols is 1. The Morgan fingerprint density at radius 3 is 2.79 bits per heavy atom. The molecule has 0 saturated carbocycles. The Labute approximate surface area is 169 Å². The van der Waals surface area contributed by atoms with E-state index < -0.39 is 12.9 Å². The first kappa shape index (κ1) is 20.9. The van der Waals surface area contributed by atoms with Gasteiger partial charge in [-0.1, -0.05) is 18.2 Å². The van der Waals surface area contributed by atoms with E-state index >= 15 is 0 Å². The summed E-state index contributed by atoms with van der Waals surface area (Å²) in [6.45, 7) is 2.07. The van der Waals surface area contributed by atoms with Crippen molar-refractivity contribution < 1.29 is 29.1 Å². The monoisotopic (exact) mass is 397 g/mol. The molecule has 0 saturated heterocycles. The summed E-state index contributed by atoms with van der Waals surface area (Å²) in [5.41, 5.74) is 7.26. The first-order chi connectivity index (χ1) is 13.9. The van der Waals surface area contributed by atoms with Crippen molar-refractivity contribution in [1.82, 2.24) is 0 Å². The quantitative estimate of drug-likeness (QED) is 0.460. The van der Waals surface area contributed by atoms with Gasteiger partial charge < -0.3 is 25.3 Å². The van der Waals surface area contributed by atoms with Gasteiger partial charge in [0, 0.05) is 25.2 Å². The van der Waals surface area contributed by atoms with Crippen molar-refractivity contribution in [2.45, 2.75) is 32.0 Å². The first-order valence-corrected chi connectivity index (χ1v) is 9.53. The molecule has 0 bridgehead atoms. The van der Waals surface area contributed by atoms with Gasteiger partial charge in [-0.2, -0.15) is 0 Å². The average Bonchev–Trinajstić information content (AvgIpc) is 2.67. The molecule has 1 heterocycles. The third-order valence-electron chi connectivity index (χ3n) is 4.89. The summed E-state index contributed by atoms with van der Waals surface area (Å²) >= 11 is 0. The molecule has 29 heavy (non-hydrogen) atoms. The van der Waals surface area contributed by atoms with E-state index in [4.69, 9.17) is 15.1 Å². The molecule has 3 rings (SSSR count). The molecule has 1 atom stereocenters. The van der Waals surface area contributed by atoms with Crippen molar-refractivity contribution in [3.8, 4) is 17.2 Å². The molecule has 7 nitrogen and oxygen atoms in total. The molecule has 0 unspecified atom stereocenters. The van der Waals surface area contributed by atoms with Gasteiger partial charge in [0.05, 0.1) is 5.56 Å². The predicted molar refractivity (Wildman–Crippen MR) is 108 cm³/mol. The van der Waals surface area contributed by atoms with Gasteiger partial charge in [0.15, 0.2) is 17.3 Å². The van der Waals surface area contributed by atoms with Crippen molar-refractivity contribution in [1.29, 1.82) is 0 Å². The Morgan fingerprint density at radius 2 is 2.10 bits per heavy atom. The average molecular weight is 397 g/mol. The van der Waals surface area contributed by atoms with Crippen LogP contribution in [0.2, 0.25) is 5.82 Å². The number of carbonyl (C=O) groups excluding carboxylic acids is 2. The second-order valence-electron chi connectivity index (χ2n) is 7.18. The second kappa shape index (κ2) is 9.11. The third kappa shape index (κ3) is 4.96. The standard InChI is InChI=1S/C21H24BNO6/c1-13(24)18-4-2-3-15-11-16(22(27)29-21(15)18)12-17(25)9-14-5-6-20(19(26)10-14)28-8-7-23/h2-6,10,16,26-27H,7-9,11-12,23H2,1H3/t16-/m1/s1. The number of rotatable bonds is 8. The molecule has 0 aliphatic carbocycles. The molecule has 2 aromatic carbocycles. The summed E-state index contributed by atoms with van der Waals surface area (Å²) in [6, 6.07) is 10.1. The van der Waals surface area contributed by atoms with E-state index in [9.17, 15) is 19.7 Å². The van der Waals surface area contributed by atoms with Crippen LogP contribution >= 0.6 is 0 Å². The molecule has 1 aliphatic heterocycles. The van der Waals surface area contributed by atoms with Gasteiger partial charge >= 0.3 is 7.12 Å². The molecule has 4 N–H and O–H groups in total. The Balaban J connectivity index is 1.65. The van der Waals surface area contributed by atoms with Crippen LogP contribution in [0.4, 0.5) is 0 Å². The van der Waals surface area contributed by atoms with Gasteiger partial charge in [-0.15, -0.1) is 0 Å². The van der Waals surface area contributed by atoms with Crippen LogP contribution in [-0.2, 0) is 17.6 Å². The number of hydrogen-bond acceptors (Lipinski definition) is 7. The lowest BCUT2D eigenvalue weighted by Gasteiger charge is -2.28. The molecule has 0 spiro atoms. The van der Waals surface area contributed by atoms with Gasteiger partial charge in [0.1, 0.15) is 18.1 Å². The Kier molecular flexibility index (Phi) is 6.56. The molecule has 0 fully saturated rings. The molecule has 0 amide bonds. The van der Waals surface area contributed by atoms with E-state index in [1.165, 1.54) is 13.0 Å². The van der Waals surface area contributed by atoms with E-state index in [0.29, 0.717) is 35.6 Å². The lowest BCUT2D eigenvalue weighted by molar-refractivity contribution is -0.118. The van der Waals surface area contributed by atoms with Crippen molar-refractivity contribution in [3.05, 3.63) is 53.1 Å². The topological polar surface area (TPSA) is 119 Å². The highest BCUT2D eigenvalue weighted by Gasteiger charge is 2.37. The molecule has 8 heteroatoms. The fourth-order valence-corrected chi connectivity index (χ4v) is 3.49. The highest BCUT2D eigenvalue weighted by molar-refractivity contribution is 6.47. The van der Waals surface area contributed by atoms with Gasteiger partial charge in [-0.05, 0) is 42.7 Å². The van der Waals surface area contributed by atoms with E-state index in [0.717, 1.165) is 5.56 Å². The lowest BCUT2D eigenvalue weighted by Crippen LogP contribution is -2.36. The summed E-state index contributed by atoms with van der Waals surface area (Å²) in [5.74, 6) is 0.0457. The zero-order chi connectivity index (χ0) is 21.0. The van der Waals surface area contributed by atoms with Crippen LogP contribution in [0.5, 0.6) is 17.2 Å². The molecule has 0 radical (unpaired) electrons. The first-order valence-electron chi connectivity index (χ1n) is 9.53. The Morgan fingerprint density at radius 1 is 1.31 bits per heavy atom. The summed E-state index contributed by atoms with van der Waals surface area (Å²) in [5, 5.41) is 20.4. The number of phenolic OH excluding ortho intramolecular Hbond substituents is 1.